The van der Waals surface area contributed by atoms with Crippen molar-refractivity contribution in [3.05, 3.63) is 0 Å². The molecule has 0 saturated heterocycles. The summed E-state index contributed by atoms with van der Waals surface area (Å²) < 4.78 is 68.2. The lowest BCUT2D eigenvalue weighted by Gasteiger charge is -2.21. The average molecular weight is 1300 g/mol. The number of rotatable bonds is 69. The van der Waals surface area contributed by atoms with Crippen LogP contribution in [0.15, 0.2) is 0 Å². The minimum absolute atomic E-state index is 0.106. The molecular weight excluding hydrogens is 1160 g/mol. The van der Waals surface area contributed by atoms with Gasteiger partial charge in [0.1, 0.15) is 19.3 Å². The maximum absolute atomic E-state index is 13.0. The highest BCUT2D eigenvalue weighted by Crippen LogP contribution is 2.45. The van der Waals surface area contributed by atoms with Crippen LogP contribution in [0, 0.1) is 5.92 Å². The SMILES string of the molecule is CCCCCCCCCCCCCCCCCCCC(=O)O[C@H](COC(=O)CCCCCCCCCCCCC)COP(=O)(O)OC[C@@H](O)COP(=O)(O)OC[C@@H](COC(=O)CCCCCCCCC(C)C)OC(=O)CCCCCCCCCCCCC. The molecule has 0 heterocycles. The van der Waals surface area contributed by atoms with Crippen LogP contribution >= 0.6 is 15.6 Å². The minimum Gasteiger partial charge on any atom is -0.462 e. The summed E-state index contributed by atoms with van der Waals surface area (Å²) >= 11 is 0. The van der Waals surface area contributed by atoms with E-state index in [0.29, 0.717) is 31.6 Å². The average Bonchev–Trinajstić information content (AvgIpc) is 3.64. The summed E-state index contributed by atoms with van der Waals surface area (Å²) in [5, 5.41) is 10.6. The van der Waals surface area contributed by atoms with Gasteiger partial charge in [-0.25, -0.2) is 9.13 Å². The van der Waals surface area contributed by atoms with Crippen molar-refractivity contribution in [2.45, 2.75) is 374 Å². The zero-order valence-corrected chi connectivity index (χ0v) is 58.6. The molecule has 0 aliphatic heterocycles. The Morgan fingerprint density at radius 3 is 0.773 bits per heavy atom. The van der Waals surface area contributed by atoms with Crippen molar-refractivity contribution in [2.75, 3.05) is 39.6 Å². The van der Waals surface area contributed by atoms with Crippen molar-refractivity contribution in [3.63, 3.8) is 0 Å². The predicted molar refractivity (Wildman–Crippen MR) is 354 cm³/mol. The van der Waals surface area contributed by atoms with Gasteiger partial charge in [-0.15, -0.1) is 0 Å². The second-order valence-electron chi connectivity index (χ2n) is 25.4. The van der Waals surface area contributed by atoms with Crippen molar-refractivity contribution >= 4 is 39.5 Å². The Morgan fingerprint density at radius 1 is 0.307 bits per heavy atom. The molecule has 0 saturated carbocycles. The number of carbonyl (C=O) groups is 4. The largest absolute Gasteiger partial charge is 0.472 e. The quantitative estimate of drug-likeness (QED) is 0.0222. The minimum atomic E-state index is -4.95. The van der Waals surface area contributed by atoms with Crippen LogP contribution < -0.4 is 0 Å². The monoisotopic (exact) mass is 1300 g/mol. The highest BCUT2D eigenvalue weighted by atomic mass is 31.2. The fourth-order valence-electron chi connectivity index (χ4n) is 10.5. The Labute approximate surface area is 537 Å². The van der Waals surface area contributed by atoms with Crippen molar-refractivity contribution < 1.29 is 80.2 Å². The number of hydrogen-bond donors (Lipinski definition) is 3. The second-order valence-corrected chi connectivity index (χ2v) is 28.3. The van der Waals surface area contributed by atoms with Crippen LogP contribution in [0.25, 0.3) is 0 Å². The van der Waals surface area contributed by atoms with E-state index in [1.165, 1.54) is 173 Å². The van der Waals surface area contributed by atoms with Crippen LogP contribution in [0.2, 0.25) is 0 Å². The highest BCUT2D eigenvalue weighted by molar-refractivity contribution is 7.47. The lowest BCUT2D eigenvalue weighted by Crippen LogP contribution is -2.30. The van der Waals surface area contributed by atoms with Crippen LogP contribution in [0.4, 0.5) is 0 Å². The fraction of sp³-hybridized carbons (Fsp3) is 0.942. The molecule has 0 aliphatic rings. The molecule has 0 fully saturated rings. The molecule has 0 rings (SSSR count). The molecule has 0 amide bonds. The Hall–Kier alpha value is -1.94. The van der Waals surface area contributed by atoms with Gasteiger partial charge in [0.2, 0.25) is 0 Å². The van der Waals surface area contributed by atoms with E-state index in [4.69, 9.17) is 37.0 Å². The van der Waals surface area contributed by atoms with E-state index < -0.39 is 97.5 Å². The lowest BCUT2D eigenvalue weighted by atomic mass is 10.0. The molecule has 5 atom stereocenters. The molecule has 0 aromatic carbocycles. The van der Waals surface area contributed by atoms with E-state index in [2.05, 4.69) is 34.6 Å². The molecule has 0 aromatic heterocycles. The fourth-order valence-corrected chi connectivity index (χ4v) is 12.0. The second kappa shape index (κ2) is 62.5. The zero-order chi connectivity index (χ0) is 64.9. The van der Waals surface area contributed by atoms with Crippen molar-refractivity contribution in [1.29, 1.82) is 0 Å². The van der Waals surface area contributed by atoms with E-state index in [-0.39, 0.29) is 25.7 Å². The van der Waals surface area contributed by atoms with E-state index >= 15 is 0 Å². The maximum atomic E-state index is 13.0. The van der Waals surface area contributed by atoms with Crippen LogP contribution in [0.1, 0.15) is 356 Å². The Bertz CT molecular complexity index is 1700. The van der Waals surface area contributed by atoms with Gasteiger partial charge >= 0.3 is 39.5 Å². The lowest BCUT2D eigenvalue weighted by molar-refractivity contribution is -0.161. The highest BCUT2D eigenvalue weighted by Gasteiger charge is 2.30. The number of esters is 4. The summed E-state index contributed by atoms with van der Waals surface area (Å²) in [5.41, 5.74) is 0. The van der Waals surface area contributed by atoms with E-state index in [0.717, 1.165) is 96.3 Å². The van der Waals surface area contributed by atoms with Crippen LogP contribution in [-0.4, -0.2) is 96.7 Å². The third kappa shape index (κ3) is 62.8. The van der Waals surface area contributed by atoms with E-state index in [1.54, 1.807) is 0 Å². The molecule has 17 nitrogen and oxygen atoms in total. The smallest absolute Gasteiger partial charge is 0.462 e. The third-order valence-corrected chi connectivity index (χ3v) is 17.9. The number of aliphatic hydroxyl groups is 1. The third-order valence-electron chi connectivity index (χ3n) is 16.0. The molecule has 0 radical (unpaired) electrons. The van der Waals surface area contributed by atoms with Gasteiger partial charge in [-0.2, -0.15) is 0 Å². The van der Waals surface area contributed by atoms with Crippen LogP contribution in [-0.2, 0) is 65.4 Å². The molecular formula is C69H134O17P2. The van der Waals surface area contributed by atoms with Gasteiger partial charge in [-0.1, -0.05) is 304 Å². The molecule has 19 heteroatoms. The number of aliphatic hydroxyl groups excluding tert-OH is 1. The summed E-state index contributed by atoms with van der Waals surface area (Å²) in [6.07, 6.45) is 48.6. The van der Waals surface area contributed by atoms with Crippen LogP contribution in [0.5, 0.6) is 0 Å². The van der Waals surface area contributed by atoms with Crippen molar-refractivity contribution in [3.8, 4) is 0 Å². The Balaban J connectivity index is 5.21. The van der Waals surface area contributed by atoms with Gasteiger partial charge in [0.15, 0.2) is 12.2 Å². The first-order valence-corrected chi connectivity index (χ1v) is 39.1. The molecule has 0 aromatic rings. The molecule has 0 spiro atoms. The summed E-state index contributed by atoms with van der Waals surface area (Å²) in [4.78, 5) is 72.4. The summed E-state index contributed by atoms with van der Waals surface area (Å²) in [7, 11) is -9.89. The maximum Gasteiger partial charge on any atom is 0.472 e. The van der Waals surface area contributed by atoms with E-state index in [9.17, 15) is 43.2 Å². The number of carbonyl (C=O) groups excluding carboxylic acids is 4. The van der Waals surface area contributed by atoms with Crippen molar-refractivity contribution in [2.24, 2.45) is 5.92 Å². The number of hydrogen-bond acceptors (Lipinski definition) is 15. The Kier molecular flexibility index (Phi) is 61.1. The number of unbranched alkanes of at least 4 members (excludes halogenated alkanes) is 41. The Morgan fingerprint density at radius 2 is 0.523 bits per heavy atom. The molecule has 522 valence electrons. The first-order chi connectivity index (χ1) is 42.5. The number of phosphoric acid groups is 2. The van der Waals surface area contributed by atoms with Gasteiger partial charge in [-0.3, -0.25) is 37.3 Å². The number of phosphoric ester groups is 2. The molecule has 2 unspecified atom stereocenters. The van der Waals surface area contributed by atoms with Crippen LogP contribution in [0.3, 0.4) is 0 Å². The summed E-state index contributed by atoms with van der Waals surface area (Å²) in [6, 6.07) is 0. The molecule has 88 heavy (non-hydrogen) atoms. The topological polar surface area (TPSA) is 237 Å². The zero-order valence-electron chi connectivity index (χ0n) is 56.9. The van der Waals surface area contributed by atoms with Gasteiger partial charge in [-0.05, 0) is 31.6 Å². The normalized spacial score (nSPS) is 14.1. The first-order valence-electron chi connectivity index (χ1n) is 36.1. The molecule has 3 N–H and O–H groups in total. The predicted octanol–water partition coefficient (Wildman–Crippen LogP) is 19.7. The van der Waals surface area contributed by atoms with Gasteiger partial charge in [0, 0.05) is 25.7 Å². The van der Waals surface area contributed by atoms with Gasteiger partial charge in [0.25, 0.3) is 0 Å². The first kappa shape index (κ1) is 86.1. The standard InChI is InChI=1S/C69H134O17P2/c1-6-9-12-15-18-21-24-25-26-27-28-29-32-35-38-45-50-55-69(74)85-64(58-79-66(71)52-47-42-36-33-30-22-19-16-13-10-7-2)60-83-87(75,76)81-56-63(70)57-82-88(77,78)84-61-65(59-80-67(72)53-48-43-40-39-41-46-51-62(4)5)86-68(73)54-49-44-37-34-31-23-20-17-14-11-8-3/h62-65,70H,6-61H2,1-5H3,(H,75,76)(H,77,78)/t63-,64-,65-/m1/s1. The van der Waals surface area contributed by atoms with E-state index in [1.807, 2.05) is 0 Å². The molecule has 0 aliphatic carbocycles. The summed E-state index contributed by atoms with van der Waals surface area (Å²) in [5.74, 6) is -1.44. The number of ether oxygens (including phenoxy) is 4. The molecule has 0 bridgehead atoms. The van der Waals surface area contributed by atoms with Crippen molar-refractivity contribution in [1.82, 2.24) is 0 Å². The van der Waals surface area contributed by atoms with Gasteiger partial charge in [0.05, 0.1) is 26.4 Å². The van der Waals surface area contributed by atoms with Gasteiger partial charge < -0.3 is 33.8 Å². The summed E-state index contributed by atoms with van der Waals surface area (Å²) in [6.45, 7) is 7.15.